The summed E-state index contributed by atoms with van der Waals surface area (Å²) in [5.41, 5.74) is 1.05. The van der Waals surface area contributed by atoms with Crippen LogP contribution >= 0.6 is 0 Å². The van der Waals surface area contributed by atoms with Crippen LogP contribution in [0.2, 0.25) is 0 Å². The van der Waals surface area contributed by atoms with Gasteiger partial charge in [0.25, 0.3) is 0 Å². The third kappa shape index (κ3) is 4.42. The summed E-state index contributed by atoms with van der Waals surface area (Å²) in [4.78, 5) is 0. The van der Waals surface area contributed by atoms with E-state index in [4.69, 9.17) is 4.74 Å². The molecule has 0 aromatic carbocycles. The van der Waals surface area contributed by atoms with Gasteiger partial charge < -0.3 is 15.2 Å². The lowest BCUT2D eigenvalue weighted by Gasteiger charge is -2.14. The van der Waals surface area contributed by atoms with Crippen molar-refractivity contribution >= 4 is 0 Å². The number of H-pyrrole nitrogens is 1. The maximum Gasteiger partial charge on any atom is 0.0785 e. The van der Waals surface area contributed by atoms with E-state index in [9.17, 15) is 5.11 Å². The molecule has 1 heterocycles. The fourth-order valence-corrected chi connectivity index (χ4v) is 1.36. The van der Waals surface area contributed by atoms with Gasteiger partial charge in [0.1, 0.15) is 0 Å². The van der Waals surface area contributed by atoms with E-state index in [-0.39, 0.29) is 6.04 Å². The molecule has 0 saturated heterocycles. The maximum absolute atomic E-state index is 9.41. The molecule has 0 aliphatic rings. The third-order valence-corrected chi connectivity index (χ3v) is 2.28. The lowest BCUT2D eigenvalue weighted by Crippen LogP contribution is -2.25. The number of hydrogen-bond acceptors (Lipinski definition) is 4. The van der Waals surface area contributed by atoms with E-state index >= 15 is 0 Å². The first-order valence-corrected chi connectivity index (χ1v) is 5.13. The van der Waals surface area contributed by atoms with Crippen LogP contribution in [-0.2, 0) is 4.74 Å². The summed E-state index contributed by atoms with van der Waals surface area (Å²) in [6.07, 6.45) is 2.02. The van der Waals surface area contributed by atoms with Crippen LogP contribution < -0.4 is 5.32 Å². The van der Waals surface area contributed by atoms with E-state index in [0.29, 0.717) is 13.0 Å². The van der Waals surface area contributed by atoms with Crippen molar-refractivity contribution in [2.45, 2.75) is 25.5 Å². The molecule has 0 amide bonds. The van der Waals surface area contributed by atoms with Crippen LogP contribution in [0.15, 0.2) is 12.3 Å². The molecule has 0 spiro atoms. The quantitative estimate of drug-likeness (QED) is 0.615. The Bertz CT molecular complexity index is 251. The van der Waals surface area contributed by atoms with Crippen molar-refractivity contribution in [3.05, 3.63) is 18.0 Å². The highest BCUT2D eigenvalue weighted by Crippen LogP contribution is 2.07. The van der Waals surface area contributed by atoms with Crippen LogP contribution in [-0.4, -0.2) is 41.7 Å². The van der Waals surface area contributed by atoms with Crippen molar-refractivity contribution in [1.82, 2.24) is 15.5 Å². The lowest BCUT2D eigenvalue weighted by molar-refractivity contribution is 0.0590. The molecule has 3 N–H and O–H groups in total. The Hall–Kier alpha value is -0.910. The first-order chi connectivity index (χ1) is 7.24. The second-order valence-corrected chi connectivity index (χ2v) is 3.59. The fourth-order valence-electron chi connectivity index (χ4n) is 1.36. The number of ether oxygens (including phenoxy) is 1. The summed E-state index contributed by atoms with van der Waals surface area (Å²) < 4.78 is 4.84. The van der Waals surface area contributed by atoms with E-state index in [0.717, 1.165) is 12.2 Å². The van der Waals surface area contributed by atoms with Gasteiger partial charge in [-0.3, -0.25) is 5.10 Å². The molecule has 1 aromatic heterocycles. The summed E-state index contributed by atoms with van der Waals surface area (Å²) in [5, 5.41) is 19.5. The Morgan fingerprint density at radius 2 is 2.47 bits per heavy atom. The first kappa shape index (κ1) is 12.2. The number of methoxy groups -OCH3 is 1. The maximum atomic E-state index is 9.41. The standard InChI is InChI=1S/C10H19N3O2/c1-8(10-4-6-12-13-10)11-5-3-9(14)7-15-2/h4,6,8-9,11,14H,3,5,7H2,1-2H3,(H,12,13). The largest absolute Gasteiger partial charge is 0.391 e. The van der Waals surface area contributed by atoms with Gasteiger partial charge in [0.2, 0.25) is 0 Å². The molecule has 0 radical (unpaired) electrons. The highest BCUT2D eigenvalue weighted by atomic mass is 16.5. The number of aromatic amines is 1. The normalized spacial score (nSPS) is 15.1. The predicted octanol–water partition coefficient (Wildman–Crippen LogP) is 0.458. The van der Waals surface area contributed by atoms with Gasteiger partial charge in [-0.1, -0.05) is 0 Å². The Morgan fingerprint density at radius 3 is 3.07 bits per heavy atom. The van der Waals surface area contributed by atoms with E-state index in [1.165, 1.54) is 0 Å². The van der Waals surface area contributed by atoms with Crippen molar-refractivity contribution in [2.75, 3.05) is 20.3 Å². The molecule has 0 aliphatic heterocycles. The molecule has 5 nitrogen and oxygen atoms in total. The molecule has 0 aliphatic carbocycles. The number of aromatic nitrogens is 2. The zero-order valence-corrected chi connectivity index (χ0v) is 9.23. The monoisotopic (exact) mass is 213 g/mol. The molecule has 5 heteroatoms. The number of nitrogens with zero attached hydrogens (tertiary/aromatic N) is 1. The minimum atomic E-state index is -0.392. The van der Waals surface area contributed by atoms with Crippen LogP contribution in [0.3, 0.4) is 0 Å². The Balaban J connectivity index is 2.15. The average Bonchev–Trinajstić information content (AvgIpc) is 2.70. The van der Waals surface area contributed by atoms with Gasteiger partial charge in [0.15, 0.2) is 0 Å². The van der Waals surface area contributed by atoms with Crippen molar-refractivity contribution in [3.63, 3.8) is 0 Å². The minimum Gasteiger partial charge on any atom is -0.391 e. The number of aliphatic hydroxyl groups is 1. The van der Waals surface area contributed by atoms with E-state index in [1.54, 1.807) is 13.3 Å². The van der Waals surface area contributed by atoms with Crippen molar-refractivity contribution < 1.29 is 9.84 Å². The molecule has 0 bridgehead atoms. The Labute approximate surface area is 89.8 Å². The number of hydrogen-bond donors (Lipinski definition) is 3. The van der Waals surface area contributed by atoms with Gasteiger partial charge in [0, 0.05) is 19.3 Å². The lowest BCUT2D eigenvalue weighted by atomic mass is 10.2. The molecule has 1 aromatic rings. The van der Waals surface area contributed by atoms with E-state index in [2.05, 4.69) is 22.4 Å². The third-order valence-electron chi connectivity index (χ3n) is 2.28. The zero-order chi connectivity index (χ0) is 11.1. The summed E-state index contributed by atoms with van der Waals surface area (Å²) in [6.45, 7) is 3.20. The molecule has 0 saturated carbocycles. The number of nitrogens with one attached hydrogen (secondary N) is 2. The Morgan fingerprint density at radius 1 is 1.67 bits per heavy atom. The molecular weight excluding hydrogens is 194 g/mol. The molecule has 2 unspecified atom stereocenters. The second-order valence-electron chi connectivity index (χ2n) is 3.59. The highest BCUT2D eigenvalue weighted by Gasteiger charge is 2.07. The first-order valence-electron chi connectivity index (χ1n) is 5.13. The van der Waals surface area contributed by atoms with Crippen LogP contribution in [0.25, 0.3) is 0 Å². The smallest absolute Gasteiger partial charge is 0.0785 e. The van der Waals surface area contributed by atoms with Crippen molar-refractivity contribution in [2.24, 2.45) is 0 Å². The van der Waals surface area contributed by atoms with Gasteiger partial charge >= 0.3 is 0 Å². The van der Waals surface area contributed by atoms with Gasteiger partial charge in [0.05, 0.1) is 18.4 Å². The molecule has 15 heavy (non-hydrogen) atoms. The van der Waals surface area contributed by atoms with Crippen LogP contribution in [0.5, 0.6) is 0 Å². The van der Waals surface area contributed by atoms with E-state index < -0.39 is 6.10 Å². The van der Waals surface area contributed by atoms with Gasteiger partial charge in [-0.2, -0.15) is 5.10 Å². The average molecular weight is 213 g/mol. The van der Waals surface area contributed by atoms with E-state index in [1.807, 2.05) is 6.07 Å². The zero-order valence-electron chi connectivity index (χ0n) is 9.23. The predicted molar refractivity (Wildman–Crippen MR) is 57.5 cm³/mol. The van der Waals surface area contributed by atoms with Gasteiger partial charge in [-0.05, 0) is 26.0 Å². The summed E-state index contributed by atoms with van der Waals surface area (Å²) in [5.74, 6) is 0. The highest BCUT2D eigenvalue weighted by molar-refractivity contribution is 5.02. The molecule has 2 atom stereocenters. The summed E-state index contributed by atoms with van der Waals surface area (Å²) in [7, 11) is 1.59. The van der Waals surface area contributed by atoms with Gasteiger partial charge in [-0.15, -0.1) is 0 Å². The van der Waals surface area contributed by atoms with Crippen molar-refractivity contribution in [3.8, 4) is 0 Å². The van der Waals surface area contributed by atoms with Crippen LogP contribution in [0.1, 0.15) is 25.1 Å². The second kappa shape index (κ2) is 6.55. The number of aliphatic hydroxyl groups excluding tert-OH is 1. The molecule has 86 valence electrons. The molecule has 1 rings (SSSR count). The molecule has 0 fully saturated rings. The summed E-state index contributed by atoms with van der Waals surface area (Å²) >= 11 is 0. The SMILES string of the molecule is COCC(O)CCNC(C)c1ccn[nH]1. The van der Waals surface area contributed by atoms with Gasteiger partial charge in [-0.25, -0.2) is 0 Å². The minimum absolute atomic E-state index is 0.224. The summed E-state index contributed by atoms with van der Waals surface area (Å²) in [6, 6.07) is 2.16. The van der Waals surface area contributed by atoms with Crippen LogP contribution in [0, 0.1) is 0 Å². The Kier molecular flexibility index (Phi) is 5.31. The number of rotatable bonds is 7. The van der Waals surface area contributed by atoms with Crippen LogP contribution in [0.4, 0.5) is 0 Å². The molecular formula is C10H19N3O2. The van der Waals surface area contributed by atoms with Crippen molar-refractivity contribution in [1.29, 1.82) is 0 Å². The fraction of sp³-hybridized carbons (Fsp3) is 0.700. The topological polar surface area (TPSA) is 70.2 Å².